The number of carboxylic acid groups (broad SMARTS) is 1. The summed E-state index contributed by atoms with van der Waals surface area (Å²) >= 11 is 0. The van der Waals surface area contributed by atoms with Gasteiger partial charge in [0.1, 0.15) is 5.69 Å². The van der Waals surface area contributed by atoms with E-state index < -0.39 is 11.6 Å². The van der Waals surface area contributed by atoms with E-state index in [1.807, 2.05) is 54.6 Å². The predicted molar refractivity (Wildman–Crippen MR) is 124 cm³/mol. The number of benzene rings is 2. The van der Waals surface area contributed by atoms with Crippen molar-refractivity contribution in [1.29, 1.82) is 0 Å². The molecule has 5 rings (SSSR count). The SMILES string of the molecule is COc1cc(OC)c2nc(-c3ccccc3C3(NC(=O)O)CCC3)c(-c3ccccc3)n2n1. The third-order valence-corrected chi connectivity index (χ3v) is 6.26. The molecular formula is C25H24N4O4. The van der Waals surface area contributed by atoms with Gasteiger partial charge in [-0.3, -0.25) is 0 Å². The van der Waals surface area contributed by atoms with Crippen LogP contribution < -0.4 is 14.8 Å². The van der Waals surface area contributed by atoms with E-state index in [1.165, 1.54) is 0 Å². The zero-order valence-electron chi connectivity index (χ0n) is 18.4. The van der Waals surface area contributed by atoms with Crippen molar-refractivity contribution in [1.82, 2.24) is 19.9 Å². The summed E-state index contributed by atoms with van der Waals surface area (Å²) in [6.07, 6.45) is 1.40. The van der Waals surface area contributed by atoms with Crippen molar-refractivity contribution in [2.45, 2.75) is 24.8 Å². The average molecular weight is 444 g/mol. The lowest BCUT2D eigenvalue weighted by Gasteiger charge is -2.43. The molecule has 168 valence electrons. The van der Waals surface area contributed by atoms with Crippen molar-refractivity contribution >= 4 is 11.7 Å². The third kappa shape index (κ3) is 3.44. The molecule has 1 aliphatic carbocycles. The van der Waals surface area contributed by atoms with E-state index in [2.05, 4.69) is 10.4 Å². The van der Waals surface area contributed by atoms with E-state index in [1.54, 1.807) is 24.8 Å². The molecule has 1 amide bonds. The summed E-state index contributed by atoms with van der Waals surface area (Å²) in [6, 6.07) is 19.4. The summed E-state index contributed by atoms with van der Waals surface area (Å²) in [5, 5.41) is 17.0. The van der Waals surface area contributed by atoms with Crippen molar-refractivity contribution in [3.63, 3.8) is 0 Å². The van der Waals surface area contributed by atoms with Crippen LogP contribution in [0.3, 0.4) is 0 Å². The Bertz CT molecular complexity index is 1330. The highest BCUT2D eigenvalue weighted by atomic mass is 16.5. The molecule has 0 unspecified atom stereocenters. The molecule has 0 aliphatic heterocycles. The number of nitrogens with zero attached hydrogens (tertiary/aromatic N) is 3. The predicted octanol–water partition coefficient (Wildman–Crippen LogP) is 4.73. The van der Waals surface area contributed by atoms with Gasteiger partial charge in [0.2, 0.25) is 5.88 Å². The molecule has 0 bridgehead atoms. The lowest BCUT2D eigenvalue weighted by molar-refractivity contribution is 0.144. The first-order valence-electron chi connectivity index (χ1n) is 10.7. The molecule has 33 heavy (non-hydrogen) atoms. The second-order valence-corrected chi connectivity index (χ2v) is 8.08. The van der Waals surface area contributed by atoms with E-state index in [0.717, 1.165) is 41.6 Å². The number of ether oxygens (including phenoxy) is 2. The minimum atomic E-state index is -1.03. The van der Waals surface area contributed by atoms with E-state index in [0.29, 0.717) is 23.0 Å². The minimum absolute atomic E-state index is 0.400. The highest BCUT2D eigenvalue weighted by Gasteiger charge is 2.42. The fourth-order valence-corrected chi connectivity index (χ4v) is 4.57. The van der Waals surface area contributed by atoms with Gasteiger partial charge in [0.15, 0.2) is 11.4 Å². The second-order valence-electron chi connectivity index (χ2n) is 8.08. The van der Waals surface area contributed by atoms with Crippen molar-refractivity contribution in [3.05, 3.63) is 66.2 Å². The zero-order chi connectivity index (χ0) is 23.0. The maximum Gasteiger partial charge on any atom is 0.405 e. The normalized spacial score (nSPS) is 14.5. The number of hydrogen-bond donors (Lipinski definition) is 2. The topological polar surface area (TPSA) is 98.0 Å². The molecule has 0 radical (unpaired) electrons. The third-order valence-electron chi connectivity index (χ3n) is 6.26. The van der Waals surface area contributed by atoms with Crippen molar-refractivity contribution in [2.75, 3.05) is 14.2 Å². The van der Waals surface area contributed by atoms with Crippen LogP contribution in [0.15, 0.2) is 60.7 Å². The Labute approximate surface area is 190 Å². The van der Waals surface area contributed by atoms with Gasteiger partial charge in [0, 0.05) is 17.2 Å². The summed E-state index contributed by atoms with van der Waals surface area (Å²) in [4.78, 5) is 16.6. The number of imidazole rings is 1. The molecule has 8 nitrogen and oxygen atoms in total. The Kier molecular flexibility index (Phi) is 5.12. The molecule has 2 aromatic carbocycles. The molecule has 2 heterocycles. The quantitative estimate of drug-likeness (QED) is 0.446. The fourth-order valence-electron chi connectivity index (χ4n) is 4.57. The van der Waals surface area contributed by atoms with Crippen LogP contribution in [0.5, 0.6) is 11.6 Å². The summed E-state index contributed by atoms with van der Waals surface area (Å²) in [5.41, 5.74) is 4.08. The molecule has 0 atom stereocenters. The summed E-state index contributed by atoms with van der Waals surface area (Å²) in [5.74, 6) is 0.932. The molecule has 1 saturated carbocycles. The maximum atomic E-state index is 11.6. The Hall–Kier alpha value is -4.07. The van der Waals surface area contributed by atoms with Gasteiger partial charge < -0.3 is 19.9 Å². The Morgan fingerprint density at radius 1 is 1.06 bits per heavy atom. The highest BCUT2D eigenvalue weighted by molar-refractivity contribution is 5.85. The van der Waals surface area contributed by atoms with Gasteiger partial charge in [-0.05, 0) is 24.8 Å². The van der Waals surface area contributed by atoms with Crippen LogP contribution in [0.25, 0.3) is 28.2 Å². The van der Waals surface area contributed by atoms with E-state index in [9.17, 15) is 9.90 Å². The lowest BCUT2D eigenvalue weighted by Crippen LogP contribution is -2.50. The monoisotopic (exact) mass is 444 g/mol. The van der Waals surface area contributed by atoms with Crippen LogP contribution in [0, 0.1) is 0 Å². The van der Waals surface area contributed by atoms with Crippen LogP contribution in [0.2, 0.25) is 0 Å². The Morgan fingerprint density at radius 2 is 1.79 bits per heavy atom. The molecule has 2 aromatic heterocycles. The van der Waals surface area contributed by atoms with Gasteiger partial charge in [-0.15, -0.1) is 5.10 Å². The first-order chi connectivity index (χ1) is 16.1. The molecule has 4 aromatic rings. The first-order valence-corrected chi connectivity index (χ1v) is 10.7. The number of amides is 1. The average Bonchev–Trinajstić information content (AvgIpc) is 3.20. The minimum Gasteiger partial charge on any atom is -0.493 e. The maximum absolute atomic E-state index is 11.6. The lowest BCUT2D eigenvalue weighted by atomic mass is 9.70. The highest BCUT2D eigenvalue weighted by Crippen LogP contribution is 2.47. The van der Waals surface area contributed by atoms with Crippen LogP contribution in [0.4, 0.5) is 4.79 Å². The van der Waals surface area contributed by atoms with Crippen molar-refractivity contribution in [3.8, 4) is 34.1 Å². The van der Waals surface area contributed by atoms with Crippen LogP contribution in [0.1, 0.15) is 24.8 Å². The molecular weight excluding hydrogens is 420 g/mol. The molecule has 8 heteroatoms. The molecule has 2 N–H and O–H groups in total. The molecule has 1 fully saturated rings. The van der Waals surface area contributed by atoms with Crippen LogP contribution in [-0.4, -0.2) is 40.0 Å². The summed E-state index contributed by atoms with van der Waals surface area (Å²) in [7, 11) is 3.14. The number of hydrogen-bond acceptors (Lipinski definition) is 5. The van der Waals surface area contributed by atoms with E-state index in [-0.39, 0.29) is 0 Å². The van der Waals surface area contributed by atoms with Gasteiger partial charge >= 0.3 is 6.09 Å². The first kappa shape index (κ1) is 20.8. The summed E-state index contributed by atoms with van der Waals surface area (Å²) in [6.45, 7) is 0. The smallest absolute Gasteiger partial charge is 0.405 e. The van der Waals surface area contributed by atoms with Crippen LogP contribution in [-0.2, 0) is 5.54 Å². The number of carbonyl (C=O) groups is 1. The Morgan fingerprint density at radius 3 is 2.42 bits per heavy atom. The van der Waals surface area contributed by atoms with Gasteiger partial charge in [-0.1, -0.05) is 54.6 Å². The van der Waals surface area contributed by atoms with E-state index >= 15 is 0 Å². The second kappa shape index (κ2) is 8.12. The van der Waals surface area contributed by atoms with Gasteiger partial charge in [-0.2, -0.15) is 0 Å². The summed E-state index contributed by atoms with van der Waals surface area (Å²) < 4.78 is 12.7. The largest absolute Gasteiger partial charge is 0.493 e. The van der Waals surface area contributed by atoms with Crippen LogP contribution >= 0.6 is 0 Å². The van der Waals surface area contributed by atoms with Crippen molar-refractivity contribution < 1.29 is 19.4 Å². The van der Waals surface area contributed by atoms with Crippen molar-refractivity contribution in [2.24, 2.45) is 0 Å². The standard InChI is InChI=1S/C25H24N4O4/c1-32-19-15-20(33-2)28-29-22(16-9-4-3-5-10-16)21(26-23(19)29)17-11-6-7-12-18(17)25(13-8-14-25)27-24(30)31/h3-7,9-12,15,27H,8,13-14H2,1-2H3,(H,30,31). The number of aromatic nitrogens is 3. The fraction of sp³-hybridized carbons (Fsp3) is 0.240. The van der Waals surface area contributed by atoms with Gasteiger partial charge in [-0.25, -0.2) is 14.3 Å². The number of methoxy groups -OCH3 is 2. The number of rotatable bonds is 6. The van der Waals surface area contributed by atoms with Gasteiger partial charge in [0.05, 0.1) is 25.5 Å². The number of nitrogens with one attached hydrogen (secondary N) is 1. The van der Waals surface area contributed by atoms with Gasteiger partial charge in [0.25, 0.3) is 0 Å². The van der Waals surface area contributed by atoms with E-state index in [4.69, 9.17) is 14.5 Å². The Balaban J connectivity index is 1.83. The molecule has 0 spiro atoms. The molecule has 0 saturated heterocycles. The number of fused-ring (bicyclic) bond motifs is 1. The zero-order valence-corrected chi connectivity index (χ0v) is 18.4. The molecule has 1 aliphatic rings.